The normalized spacial score (nSPS) is 17.8. The van der Waals surface area contributed by atoms with E-state index < -0.39 is 0 Å². The van der Waals surface area contributed by atoms with Crippen molar-refractivity contribution in [2.24, 2.45) is 4.99 Å². The lowest BCUT2D eigenvalue weighted by atomic mass is 9.97. The summed E-state index contributed by atoms with van der Waals surface area (Å²) in [6, 6.07) is 14.4. The van der Waals surface area contributed by atoms with Crippen molar-refractivity contribution in [1.29, 1.82) is 0 Å². The third kappa shape index (κ3) is 4.58. The Morgan fingerprint density at radius 1 is 1.20 bits per heavy atom. The zero-order valence-corrected chi connectivity index (χ0v) is 17.6. The highest BCUT2D eigenvalue weighted by molar-refractivity contribution is 5.94. The molecule has 2 aromatic rings. The smallest absolute Gasteiger partial charge is 0.294 e. The van der Waals surface area contributed by atoms with E-state index >= 15 is 0 Å². The molecule has 4 rings (SSSR count). The van der Waals surface area contributed by atoms with E-state index in [0.717, 1.165) is 35.5 Å². The number of aryl methyl sites for hydroxylation is 2. The van der Waals surface area contributed by atoms with Crippen LogP contribution in [0, 0.1) is 6.92 Å². The number of rotatable bonds is 6. The molecule has 1 atom stereocenters. The Bertz CT molecular complexity index is 941. The highest BCUT2D eigenvalue weighted by Gasteiger charge is 2.27. The average Bonchev–Trinajstić information content (AvgIpc) is 3.21. The molecular formula is C24H28N2O4. The van der Waals surface area contributed by atoms with Crippen molar-refractivity contribution < 1.29 is 19.0 Å². The number of hydrogen-bond acceptors (Lipinski definition) is 5. The minimum atomic E-state index is -0.224. The number of nitrogens with zero attached hydrogens (tertiary/aromatic N) is 2. The molecule has 0 aliphatic carbocycles. The van der Waals surface area contributed by atoms with Crippen molar-refractivity contribution in [3.05, 3.63) is 59.2 Å². The number of benzene rings is 2. The molecule has 2 aliphatic rings. The number of hydrogen-bond donors (Lipinski definition) is 0. The number of aliphatic imine (C=N–C) groups is 1. The Hall–Kier alpha value is -3.02. The first kappa shape index (κ1) is 20.3. The van der Waals surface area contributed by atoms with E-state index in [9.17, 15) is 4.79 Å². The van der Waals surface area contributed by atoms with Crippen molar-refractivity contribution in [3.63, 3.8) is 0 Å². The third-order valence-electron chi connectivity index (χ3n) is 5.40. The molecule has 6 nitrogen and oxygen atoms in total. The van der Waals surface area contributed by atoms with Crippen LogP contribution in [-0.4, -0.2) is 43.2 Å². The largest absolute Gasteiger partial charge is 0.493 e. The minimum Gasteiger partial charge on any atom is -0.493 e. The Morgan fingerprint density at radius 2 is 2.07 bits per heavy atom. The molecule has 1 unspecified atom stereocenters. The molecule has 1 fully saturated rings. The van der Waals surface area contributed by atoms with E-state index in [-0.39, 0.29) is 11.9 Å². The second-order valence-electron chi connectivity index (χ2n) is 7.69. The number of amides is 1. The molecule has 30 heavy (non-hydrogen) atoms. The van der Waals surface area contributed by atoms with Crippen LogP contribution in [0.1, 0.15) is 42.5 Å². The van der Waals surface area contributed by atoms with E-state index in [2.05, 4.69) is 18.2 Å². The molecule has 0 aromatic heterocycles. The summed E-state index contributed by atoms with van der Waals surface area (Å²) in [6.45, 7) is 5.78. The van der Waals surface area contributed by atoms with Crippen LogP contribution >= 0.6 is 0 Å². The first-order valence-electron chi connectivity index (χ1n) is 10.5. The molecule has 0 saturated carbocycles. The number of carbonyl (C=O) groups excluding carboxylic acids is 1. The Labute approximate surface area is 177 Å². The van der Waals surface area contributed by atoms with Gasteiger partial charge in [-0.05, 0) is 43.0 Å². The first-order valence-corrected chi connectivity index (χ1v) is 10.5. The lowest BCUT2D eigenvalue weighted by Crippen LogP contribution is -2.31. The quantitative estimate of drug-likeness (QED) is 0.723. The van der Waals surface area contributed by atoms with Gasteiger partial charge in [-0.25, -0.2) is 4.99 Å². The van der Waals surface area contributed by atoms with Gasteiger partial charge in [0.2, 0.25) is 5.91 Å². The van der Waals surface area contributed by atoms with Gasteiger partial charge < -0.3 is 14.2 Å². The number of ether oxygens (including phenoxy) is 3. The molecule has 0 N–H and O–H groups in total. The van der Waals surface area contributed by atoms with E-state index in [1.807, 2.05) is 31.2 Å². The standard InChI is InChI=1S/C24H28N2O4/c1-17-6-3-9-20(16-17)28-14-11-22(25-24-26(18(2)27)12-15-30-24)21-10-4-7-19-8-5-13-29-23(19)21/h3-4,6-7,9-10,16,22H,5,8,11-15H2,1-2H3. The van der Waals surface area contributed by atoms with Crippen LogP contribution in [0.5, 0.6) is 11.5 Å². The molecule has 6 heteroatoms. The van der Waals surface area contributed by atoms with Crippen molar-refractivity contribution in [2.45, 2.75) is 39.2 Å². The van der Waals surface area contributed by atoms with E-state index in [1.54, 1.807) is 4.90 Å². The van der Waals surface area contributed by atoms with Gasteiger partial charge in [-0.3, -0.25) is 9.69 Å². The number of carbonyl (C=O) groups is 1. The summed E-state index contributed by atoms with van der Waals surface area (Å²) in [7, 11) is 0. The molecule has 1 saturated heterocycles. The van der Waals surface area contributed by atoms with Gasteiger partial charge in [0.1, 0.15) is 18.1 Å². The highest BCUT2D eigenvalue weighted by Crippen LogP contribution is 2.36. The predicted octanol–water partition coefficient (Wildman–Crippen LogP) is 4.06. The zero-order valence-electron chi connectivity index (χ0n) is 17.6. The van der Waals surface area contributed by atoms with Gasteiger partial charge in [0.15, 0.2) is 0 Å². The molecule has 2 heterocycles. The maximum Gasteiger partial charge on any atom is 0.294 e. The molecule has 158 valence electrons. The Balaban J connectivity index is 1.59. The van der Waals surface area contributed by atoms with Gasteiger partial charge in [-0.2, -0.15) is 0 Å². The van der Waals surface area contributed by atoms with Gasteiger partial charge in [0.25, 0.3) is 6.02 Å². The Morgan fingerprint density at radius 3 is 2.90 bits per heavy atom. The van der Waals surface area contributed by atoms with Gasteiger partial charge in [0, 0.05) is 18.9 Å². The SMILES string of the molecule is CC(=O)N1CCOC1=NC(CCOc1cccc(C)c1)c1cccc2c1OCCC2. The lowest BCUT2D eigenvalue weighted by Gasteiger charge is -2.24. The maximum atomic E-state index is 12.0. The predicted molar refractivity (Wildman–Crippen MR) is 115 cm³/mol. The maximum absolute atomic E-state index is 12.0. The molecule has 2 aromatic carbocycles. The second-order valence-corrected chi connectivity index (χ2v) is 7.69. The first-order chi connectivity index (χ1) is 14.6. The van der Waals surface area contributed by atoms with Crippen LogP contribution in [0.4, 0.5) is 0 Å². The van der Waals surface area contributed by atoms with Crippen molar-refractivity contribution in [3.8, 4) is 11.5 Å². The lowest BCUT2D eigenvalue weighted by molar-refractivity contribution is -0.124. The van der Waals surface area contributed by atoms with E-state index in [0.29, 0.717) is 38.8 Å². The Kier molecular flexibility index (Phi) is 6.21. The summed E-state index contributed by atoms with van der Waals surface area (Å²) in [5, 5.41) is 0. The van der Waals surface area contributed by atoms with Gasteiger partial charge >= 0.3 is 0 Å². The molecule has 1 amide bonds. The van der Waals surface area contributed by atoms with E-state index in [1.165, 1.54) is 12.5 Å². The summed E-state index contributed by atoms with van der Waals surface area (Å²) >= 11 is 0. The topological polar surface area (TPSA) is 60.4 Å². The number of amidine groups is 1. The number of para-hydroxylation sites is 1. The molecule has 0 bridgehead atoms. The van der Waals surface area contributed by atoms with Crippen molar-refractivity contribution in [2.75, 3.05) is 26.4 Å². The van der Waals surface area contributed by atoms with Crippen LogP contribution < -0.4 is 9.47 Å². The van der Waals surface area contributed by atoms with Crippen LogP contribution in [0.2, 0.25) is 0 Å². The minimum absolute atomic E-state index is 0.0626. The number of fused-ring (bicyclic) bond motifs is 1. The van der Waals surface area contributed by atoms with Crippen LogP contribution in [0.25, 0.3) is 0 Å². The molecular weight excluding hydrogens is 380 g/mol. The fraction of sp³-hybridized carbons (Fsp3) is 0.417. The third-order valence-corrected chi connectivity index (χ3v) is 5.40. The van der Waals surface area contributed by atoms with Crippen LogP contribution in [0.3, 0.4) is 0 Å². The van der Waals surface area contributed by atoms with Gasteiger partial charge in [-0.1, -0.05) is 30.3 Å². The highest BCUT2D eigenvalue weighted by atomic mass is 16.5. The second kappa shape index (κ2) is 9.20. The monoisotopic (exact) mass is 408 g/mol. The summed E-state index contributed by atoms with van der Waals surface area (Å²) in [6.07, 6.45) is 2.67. The van der Waals surface area contributed by atoms with Crippen molar-refractivity contribution >= 4 is 11.9 Å². The van der Waals surface area contributed by atoms with Crippen LogP contribution in [0.15, 0.2) is 47.5 Å². The summed E-state index contributed by atoms with van der Waals surface area (Å²) in [4.78, 5) is 18.4. The van der Waals surface area contributed by atoms with Gasteiger partial charge in [-0.15, -0.1) is 0 Å². The summed E-state index contributed by atoms with van der Waals surface area (Å²) in [5.41, 5.74) is 3.39. The zero-order chi connectivity index (χ0) is 20.9. The van der Waals surface area contributed by atoms with Crippen molar-refractivity contribution in [1.82, 2.24) is 4.90 Å². The molecule has 0 radical (unpaired) electrons. The van der Waals surface area contributed by atoms with E-state index in [4.69, 9.17) is 19.2 Å². The summed E-state index contributed by atoms with van der Waals surface area (Å²) < 4.78 is 17.7. The fourth-order valence-electron chi connectivity index (χ4n) is 3.89. The summed E-state index contributed by atoms with van der Waals surface area (Å²) in [5.74, 6) is 1.70. The molecule has 0 spiro atoms. The fourth-order valence-corrected chi connectivity index (χ4v) is 3.89. The molecule has 2 aliphatic heterocycles. The van der Waals surface area contributed by atoms with Gasteiger partial charge in [0.05, 0.1) is 25.8 Å². The van der Waals surface area contributed by atoms with Crippen LogP contribution in [-0.2, 0) is 16.0 Å². The average molecular weight is 408 g/mol.